The first kappa shape index (κ1) is 12.0. The summed E-state index contributed by atoms with van der Waals surface area (Å²) in [6.07, 6.45) is 0.837. The second-order valence-electron chi connectivity index (χ2n) is 4.82. The third-order valence-corrected chi connectivity index (χ3v) is 3.49. The number of aromatic nitrogens is 2. The van der Waals surface area contributed by atoms with E-state index in [9.17, 15) is 4.79 Å². The van der Waals surface area contributed by atoms with Gasteiger partial charge in [0.2, 0.25) is 11.8 Å². The smallest absolute Gasteiger partial charge is 0.322 e. The number of carbonyl (C=O) groups excluding carboxylic acids is 1. The molecule has 1 atom stereocenters. The minimum atomic E-state index is -0.373. The summed E-state index contributed by atoms with van der Waals surface area (Å²) in [7, 11) is 0. The third-order valence-electron chi connectivity index (χ3n) is 3.49. The SMILES string of the molecule is Cc1nnc(NC(=O)C2(C(C)C)CCNC2)o1. The predicted molar refractivity (Wildman–Crippen MR) is 62.4 cm³/mol. The second kappa shape index (κ2) is 4.44. The van der Waals surface area contributed by atoms with Gasteiger partial charge >= 0.3 is 6.01 Å². The molecule has 6 heteroatoms. The Balaban J connectivity index is 2.12. The Morgan fingerprint density at radius 2 is 2.29 bits per heavy atom. The van der Waals surface area contributed by atoms with Crippen LogP contribution >= 0.6 is 0 Å². The van der Waals surface area contributed by atoms with Crippen LogP contribution in [0.15, 0.2) is 4.42 Å². The van der Waals surface area contributed by atoms with E-state index in [0.717, 1.165) is 13.0 Å². The number of aryl methyl sites for hydroxylation is 1. The van der Waals surface area contributed by atoms with E-state index < -0.39 is 0 Å². The van der Waals surface area contributed by atoms with Gasteiger partial charge in [-0.05, 0) is 18.9 Å². The van der Waals surface area contributed by atoms with Crippen molar-refractivity contribution in [2.75, 3.05) is 18.4 Å². The summed E-state index contributed by atoms with van der Waals surface area (Å²) < 4.78 is 5.16. The fraction of sp³-hybridized carbons (Fsp3) is 0.727. The third kappa shape index (κ3) is 2.17. The largest absolute Gasteiger partial charge is 0.408 e. The maximum absolute atomic E-state index is 12.3. The van der Waals surface area contributed by atoms with E-state index >= 15 is 0 Å². The van der Waals surface area contributed by atoms with E-state index in [1.165, 1.54) is 0 Å². The minimum Gasteiger partial charge on any atom is -0.408 e. The van der Waals surface area contributed by atoms with E-state index in [4.69, 9.17) is 4.42 Å². The Labute approximate surface area is 100 Å². The number of rotatable bonds is 3. The molecule has 0 aromatic carbocycles. The van der Waals surface area contributed by atoms with Gasteiger partial charge in [-0.2, -0.15) is 0 Å². The van der Waals surface area contributed by atoms with Crippen LogP contribution in [-0.2, 0) is 4.79 Å². The molecule has 1 aliphatic heterocycles. The van der Waals surface area contributed by atoms with Gasteiger partial charge < -0.3 is 9.73 Å². The van der Waals surface area contributed by atoms with Gasteiger partial charge in [0.1, 0.15) is 0 Å². The summed E-state index contributed by atoms with van der Waals surface area (Å²) in [6, 6.07) is 0.180. The molecule has 1 amide bonds. The van der Waals surface area contributed by atoms with Crippen molar-refractivity contribution in [3.05, 3.63) is 5.89 Å². The Hall–Kier alpha value is -1.43. The lowest BCUT2D eigenvalue weighted by Crippen LogP contribution is -2.42. The van der Waals surface area contributed by atoms with Crippen LogP contribution in [0.25, 0.3) is 0 Å². The maximum Gasteiger partial charge on any atom is 0.322 e. The zero-order valence-corrected chi connectivity index (χ0v) is 10.4. The Bertz CT molecular complexity index is 407. The van der Waals surface area contributed by atoms with Crippen LogP contribution < -0.4 is 10.6 Å². The van der Waals surface area contributed by atoms with E-state index in [2.05, 4.69) is 34.7 Å². The van der Waals surface area contributed by atoms with Crippen molar-refractivity contribution < 1.29 is 9.21 Å². The van der Waals surface area contributed by atoms with Gasteiger partial charge in [0, 0.05) is 13.5 Å². The van der Waals surface area contributed by atoms with Crippen molar-refractivity contribution in [1.29, 1.82) is 0 Å². The molecule has 1 saturated heterocycles. The lowest BCUT2D eigenvalue weighted by atomic mass is 9.75. The highest BCUT2D eigenvalue weighted by atomic mass is 16.4. The summed E-state index contributed by atoms with van der Waals surface area (Å²) >= 11 is 0. The molecule has 94 valence electrons. The molecule has 0 radical (unpaired) electrons. The number of anilines is 1. The van der Waals surface area contributed by atoms with Gasteiger partial charge in [0.25, 0.3) is 0 Å². The average Bonchev–Trinajstić information content (AvgIpc) is 2.87. The molecular weight excluding hydrogens is 220 g/mol. The van der Waals surface area contributed by atoms with Gasteiger partial charge in [0.15, 0.2) is 0 Å². The molecule has 2 rings (SSSR count). The summed E-state index contributed by atoms with van der Waals surface area (Å²) in [4.78, 5) is 12.3. The molecule has 0 spiro atoms. The Morgan fingerprint density at radius 1 is 1.53 bits per heavy atom. The number of hydrogen-bond acceptors (Lipinski definition) is 5. The number of nitrogens with zero attached hydrogens (tertiary/aromatic N) is 2. The first-order chi connectivity index (χ1) is 8.04. The first-order valence-electron chi connectivity index (χ1n) is 5.87. The van der Waals surface area contributed by atoms with Crippen LogP contribution in [0.3, 0.4) is 0 Å². The number of nitrogens with one attached hydrogen (secondary N) is 2. The summed E-state index contributed by atoms with van der Waals surface area (Å²) in [5.74, 6) is 0.672. The monoisotopic (exact) mass is 238 g/mol. The highest BCUT2D eigenvalue weighted by Crippen LogP contribution is 2.35. The standard InChI is InChI=1S/C11H18N4O2/c1-7(2)11(4-5-12-6-11)9(16)13-10-15-14-8(3)17-10/h7,12H,4-6H2,1-3H3,(H,13,15,16). The molecule has 2 N–H and O–H groups in total. The van der Waals surface area contributed by atoms with Crippen molar-refractivity contribution in [1.82, 2.24) is 15.5 Å². The summed E-state index contributed by atoms with van der Waals surface area (Å²) in [6.45, 7) is 7.38. The lowest BCUT2D eigenvalue weighted by molar-refractivity contribution is -0.127. The van der Waals surface area contributed by atoms with Crippen molar-refractivity contribution >= 4 is 11.9 Å². The fourth-order valence-corrected chi connectivity index (χ4v) is 2.23. The summed E-state index contributed by atoms with van der Waals surface area (Å²) in [5.41, 5.74) is -0.373. The first-order valence-corrected chi connectivity index (χ1v) is 5.87. The molecular formula is C11H18N4O2. The van der Waals surface area contributed by atoms with Crippen molar-refractivity contribution in [3.8, 4) is 0 Å². The molecule has 1 unspecified atom stereocenters. The second-order valence-corrected chi connectivity index (χ2v) is 4.82. The Morgan fingerprint density at radius 3 is 2.76 bits per heavy atom. The van der Waals surface area contributed by atoms with Crippen LogP contribution in [0.2, 0.25) is 0 Å². The van der Waals surface area contributed by atoms with E-state index in [-0.39, 0.29) is 23.3 Å². The highest BCUT2D eigenvalue weighted by Gasteiger charge is 2.44. The van der Waals surface area contributed by atoms with Crippen LogP contribution in [0.1, 0.15) is 26.2 Å². The summed E-state index contributed by atoms with van der Waals surface area (Å²) in [5, 5.41) is 13.4. The zero-order chi connectivity index (χ0) is 12.5. The molecule has 2 heterocycles. The molecule has 1 aromatic heterocycles. The van der Waals surface area contributed by atoms with Gasteiger partial charge in [-0.1, -0.05) is 18.9 Å². The van der Waals surface area contributed by atoms with E-state index in [1.807, 2.05) is 0 Å². The van der Waals surface area contributed by atoms with Crippen LogP contribution in [0, 0.1) is 18.3 Å². The lowest BCUT2D eigenvalue weighted by Gasteiger charge is -2.30. The van der Waals surface area contributed by atoms with Gasteiger partial charge in [0.05, 0.1) is 5.41 Å². The molecule has 17 heavy (non-hydrogen) atoms. The Kier molecular flexibility index (Phi) is 3.15. The predicted octanol–water partition coefficient (Wildman–Crippen LogP) is 0.952. The van der Waals surface area contributed by atoms with Gasteiger partial charge in [-0.15, -0.1) is 5.10 Å². The molecule has 1 aromatic rings. The van der Waals surface area contributed by atoms with Crippen LogP contribution in [0.4, 0.5) is 6.01 Å². The number of amides is 1. The van der Waals surface area contributed by atoms with Crippen molar-refractivity contribution in [3.63, 3.8) is 0 Å². The molecule has 0 aliphatic carbocycles. The molecule has 0 bridgehead atoms. The normalized spacial score (nSPS) is 24.2. The van der Waals surface area contributed by atoms with Gasteiger partial charge in [-0.25, -0.2) is 0 Å². The molecule has 1 fully saturated rings. The maximum atomic E-state index is 12.3. The van der Waals surface area contributed by atoms with Crippen molar-refractivity contribution in [2.45, 2.75) is 27.2 Å². The van der Waals surface area contributed by atoms with Gasteiger partial charge in [-0.3, -0.25) is 10.1 Å². The fourth-order valence-electron chi connectivity index (χ4n) is 2.23. The molecule has 0 saturated carbocycles. The number of hydrogen-bond donors (Lipinski definition) is 2. The molecule has 6 nitrogen and oxygen atoms in total. The number of carbonyl (C=O) groups is 1. The van der Waals surface area contributed by atoms with Crippen molar-refractivity contribution in [2.24, 2.45) is 11.3 Å². The van der Waals surface area contributed by atoms with Crippen LogP contribution in [-0.4, -0.2) is 29.2 Å². The van der Waals surface area contributed by atoms with E-state index in [1.54, 1.807) is 6.92 Å². The average molecular weight is 238 g/mol. The quantitative estimate of drug-likeness (QED) is 0.819. The topological polar surface area (TPSA) is 80.0 Å². The molecule has 1 aliphatic rings. The van der Waals surface area contributed by atoms with E-state index in [0.29, 0.717) is 12.4 Å². The highest BCUT2D eigenvalue weighted by molar-refractivity contribution is 5.94. The minimum absolute atomic E-state index is 0.0406. The zero-order valence-electron chi connectivity index (χ0n) is 10.4. The van der Waals surface area contributed by atoms with Crippen LogP contribution in [0.5, 0.6) is 0 Å².